The van der Waals surface area contributed by atoms with Crippen LogP contribution in [-0.2, 0) is 13.9 Å². The molecule has 1 aromatic carbocycles. The van der Waals surface area contributed by atoms with E-state index in [1.807, 2.05) is 24.3 Å². The second kappa shape index (κ2) is 12.5. The van der Waals surface area contributed by atoms with Gasteiger partial charge >= 0.3 is 0 Å². The van der Waals surface area contributed by atoms with Gasteiger partial charge in [-0.2, -0.15) is 0 Å². The van der Waals surface area contributed by atoms with Crippen LogP contribution in [0.25, 0.3) is 0 Å². The van der Waals surface area contributed by atoms with Crippen molar-refractivity contribution in [3.8, 4) is 11.5 Å². The third-order valence-electron chi connectivity index (χ3n) is 6.56. The molecule has 3 nitrogen and oxygen atoms in total. The van der Waals surface area contributed by atoms with Crippen molar-refractivity contribution in [2.45, 2.75) is 90.7 Å². The van der Waals surface area contributed by atoms with Crippen molar-refractivity contribution in [3.05, 3.63) is 59.7 Å². The van der Waals surface area contributed by atoms with Crippen LogP contribution in [0.5, 0.6) is 0 Å². The highest BCUT2D eigenvalue weighted by atomic mass is 28.4. The second-order valence-corrected chi connectivity index (χ2v) is 21.5. The van der Waals surface area contributed by atoms with Crippen LogP contribution in [0.3, 0.4) is 0 Å². The Balaban J connectivity index is 2.06. The van der Waals surface area contributed by atoms with Gasteiger partial charge in [-0.25, -0.2) is 0 Å². The lowest BCUT2D eigenvalue weighted by atomic mass is 9.95. The molecule has 0 unspecified atom stereocenters. The molecule has 2 rings (SSSR count). The van der Waals surface area contributed by atoms with Crippen LogP contribution in [0.4, 0.5) is 0 Å². The lowest BCUT2D eigenvalue weighted by molar-refractivity contribution is -0.229. The molecular weight excluding hydrogens is 452 g/mol. The molecule has 0 spiro atoms. The summed E-state index contributed by atoms with van der Waals surface area (Å²) in [6.07, 6.45) is 8.07. The highest BCUT2D eigenvalue weighted by molar-refractivity contribution is 6.83. The van der Waals surface area contributed by atoms with Gasteiger partial charge in [0.05, 0.1) is 12.7 Å². The van der Waals surface area contributed by atoms with Crippen LogP contribution in [0, 0.1) is 17.4 Å². The standard InChI is InChI=1S/C29H46O3Si2/c1-24(15-14-22-33(5,6)7)19-20-27-26(18-13-21-31-34(8,9)29(2,3)4)23-30-28(32-27)25-16-11-10-12-17-25/h10-12,15-17,19-20,26-28H,13,18,21,23H2,1-9H3/b20-19+,24-15+/t26-,27+,28-/m1/s1. The molecule has 0 amide bonds. The van der Waals surface area contributed by atoms with E-state index in [2.05, 4.69) is 96.2 Å². The number of allylic oxidation sites excluding steroid dienone is 3. The molecule has 1 aromatic rings. The summed E-state index contributed by atoms with van der Waals surface area (Å²) in [7, 11) is -3.08. The van der Waals surface area contributed by atoms with Crippen molar-refractivity contribution in [3.63, 3.8) is 0 Å². The highest BCUT2D eigenvalue weighted by Crippen LogP contribution is 2.37. The smallest absolute Gasteiger partial charge is 0.191 e. The third-order valence-corrected chi connectivity index (χ3v) is 12.0. The van der Waals surface area contributed by atoms with E-state index in [0.29, 0.717) is 12.5 Å². The van der Waals surface area contributed by atoms with Crippen LogP contribution in [0.1, 0.15) is 52.4 Å². The summed E-state index contributed by atoms with van der Waals surface area (Å²) in [5.41, 5.74) is 5.62. The minimum atomic E-state index is -1.71. The molecule has 0 aromatic heterocycles. The van der Waals surface area contributed by atoms with E-state index in [1.165, 1.54) is 0 Å². The number of ether oxygens (including phenoxy) is 2. The third kappa shape index (κ3) is 9.67. The Morgan fingerprint density at radius 2 is 1.79 bits per heavy atom. The molecule has 0 aliphatic carbocycles. The van der Waals surface area contributed by atoms with Crippen molar-refractivity contribution in [1.82, 2.24) is 0 Å². The predicted molar refractivity (Wildman–Crippen MR) is 150 cm³/mol. The number of hydrogen-bond donors (Lipinski definition) is 0. The zero-order valence-electron chi connectivity index (χ0n) is 22.9. The van der Waals surface area contributed by atoms with Gasteiger partial charge in [0.15, 0.2) is 14.6 Å². The first-order valence-electron chi connectivity index (χ1n) is 12.6. The molecule has 0 radical (unpaired) electrons. The minimum Gasteiger partial charge on any atom is -0.417 e. The van der Waals surface area contributed by atoms with Crippen molar-refractivity contribution < 1.29 is 13.9 Å². The van der Waals surface area contributed by atoms with Gasteiger partial charge in [0.1, 0.15) is 8.07 Å². The number of benzene rings is 1. The average Bonchev–Trinajstić information content (AvgIpc) is 2.74. The molecule has 1 aliphatic heterocycles. The Bertz CT molecular complexity index is 880. The number of hydrogen-bond acceptors (Lipinski definition) is 3. The summed E-state index contributed by atoms with van der Waals surface area (Å²) in [5.74, 6) is 3.55. The van der Waals surface area contributed by atoms with E-state index in [9.17, 15) is 0 Å². The largest absolute Gasteiger partial charge is 0.417 e. The summed E-state index contributed by atoms with van der Waals surface area (Å²) >= 11 is 0. The van der Waals surface area contributed by atoms with Crippen LogP contribution in [0.15, 0.2) is 54.1 Å². The number of rotatable bonds is 8. The molecule has 1 saturated heterocycles. The maximum Gasteiger partial charge on any atom is 0.191 e. The molecule has 1 heterocycles. The lowest BCUT2D eigenvalue weighted by Gasteiger charge is -2.37. The van der Waals surface area contributed by atoms with Crippen LogP contribution >= 0.6 is 0 Å². The van der Waals surface area contributed by atoms with Gasteiger partial charge in [-0.3, -0.25) is 0 Å². The van der Waals surface area contributed by atoms with Crippen LogP contribution < -0.4 is 0 Å². The van der Waals surface area contributed by atoms with Crippen LogP contribution in [-0.4, -0.2) is 35.7 Å². The normalized spacial score (nSPS) is 22.5. The maximum atomic E-state index is 6.45. The van der Waals surface area contributed by atoms with Gasteiger partial charge < -0.3 is 13.9 Å². The van der Waals surface area contributed by atoms with Crippen molar-refractivity contribution in [2.75, 3.05) is 13.2 Å². The Kier molecular flexibility index (Phi) is 10.6. The van der Waals surface area contributed by atoms with E-state index in [4.69, 9.17) is 13.9 Å². The van der Waals surface area contributed by atoms with Gasteiger partial charge in [0.2, 0.25) is 0 Å². The molecular formula is C29H46O3Si2. The van der Waals surface area contributed by atoms with Gasteiger partial charge in [-0.1, -0.05) is 88.8 Å². The van der Waals surface area contributed by atoms with E-state index in [0.717, 1.165) is 30.6 Å². The zero-order valence-corrected chi connectivity index (χ0v) is 24.9. The van der Waals surface area contributed by atoms with E-state index in [1.54, 1.807) is 0 Å². The summed E-state index contributed by atoms with van der Waals surface area (Å²) < 4.78 is 19.0. The van der Waals surface area contributed by atoms with Gasteiger partial charge in [-0.15, -0.1) is 5.54 Å². The lowest BCUT2D eigenvalue weighted by Crippen LogP contribution is -2.41. The molecule has 0 N–H and O–H groups in total. The fourth-order valence-electron chi connectivity index (χ4n) is 3.38. The topological polar surface area (TPSA) is 27.7 Å². The molecule has 1 aliphatic rings. The molecule has 0 saturated carbocycles. The summed E-state index contributed by atoms with van der Waals surface area (Å²) in [6, 6.07) is 10.2. The zero-order chi connectivity index (χ0) is 25.4. The van der Waals surface area contributed by atoms with Gasteiger partial charge in [0.25, 0.3) is 0 Å². The van der Waals surface area contributed by atoms with E-state index in [-0.39, 0.29) is 17.4 Å². The molecule has 34 heavy (non-hydrogen) atoms. The first-order valence-corrected chi connectivity index (χ1v) is 19.0. The molecule has 5 heteroatoms. The first kappa shape index (κ1) is 28.8. The van der Waals surface area contributed by atoms with E-state index < -0.39 is 16.4 Å². The van der Waals surface area contributed by atoms with Gasteiger partial charge in [0, 0.05) is 18.1 Å². The first-order chi connectivity index (χ1) is 15.8. The molecule has 3 atom stereocenters. The fraction of sp³-hybridized carbons (Fsp3) is 0.586. The summed E-state index contributed by atoms with van der Waals surface area (Å²) in [4.78, 5) is 0. The maximum absolute atomic E-state index is 6.45. The highest BCUT2D eigenvalue weighted by Gasteiger charge is 2.37. The minimum absolute atomic E-state index is 0.000118. The second-order valence-electron chi connectivity index (χ2n) is 12.0. The Labute approximate surface area is 211 Å². The Morgan fingerprint density at radius 1 is 1.12 bits per heavy atom. The fourth-order valence-corrected chi connectivity index (χ4v) is 4.98. The van der Waals surface area contributed by atoms with Crippen molar-refractivity contribution in [2.24, 2.45) is 5.92 Å². The van der Waals surface area contributed by atoms with Crippen molar-refractivity contribution in [1.29, 1.82) is 0 Å². The monoisotopic (exact) mass is 498 g/mol. The quantitative estimate of drug-likeness (QED) is 0.158. The van der Waals surface area contributed by atoms with Crippen molar-refractivity contribution >= 4 is 16.4 Å². The SMILES string of the molecule is CC(/C=C/[C@@H]1O[C@H](c2ccccc2)OC[C@H]1CCCO[Si](C)(C)C(C)(C)C)=C\C#C[Si](C)(C)C. The van der Waals surface area contributed by atoms with Gasteiger partial charge in [-0.05, 0) is 49.5 Å². The summed E-state index contributed by atoms with van der Waals surface area (Å²) in [6.45, 7) is 21.9. The predicted octanol–water partition coefficient (Wildman–Crippen LogP) is 7.90. The van der Waals surface area contributed by atoms with E-state index >= 15 is 0 Å². The molecule has 188 valence electrons. The molecule has 0 bridgehead atoms. The Morgan fingerprint density at radius 3 is 2.41 bits per heavy atom. The summed E-state index contributed by atoms with van der Waals surface area (Å²) in [5, 5.41) is 0.237. The van der Waals surface area contributed by atoms with Crippen LogP contribution in [0.2, 0.25) is 37.8 Å². The Hall–Kier alpha value is -1.43. The molecule has 1 fully saturated rings. The average molecular weight is 499 g/mol.